The maximum Gasteiger partial charge on any atom is 0.227 e. The van der Waals surface area contributed by atoms with E-state index in [1.54, 1.807) is 0 Å². The molecule has 1 fully saturated rings. The number of likely N-dealkylation sites (tertiary alicyclic amines) is 1. The molecule has 0 radical (unpaired) electrons. The molecule has 86 valence electrons. The fraction of sp³-hybridized carbons (Fsp3) is 0.462. The standard InChI is InChI=1S/C13H18N2O/c1-10(14)12-7-8-15(13(12)16)9-11-5-3-2-4-6-11/h2-6,10,12H,7-9,14H2,1H3. The lowest BCUT2D eigenvalue weighted by molar-refractivity contribution is -0.131. The first-order valence-electron chi connectivity index (χ1n) is 5.77. The van der Waals surface area contributed by atoms with E-state index in [-0.39, 0.29) is 17.9 Å². The summed E-state index contributed by atoms with van der Waals surface area (Å²) < 4.78 is 0. The molecule has 3 heteroatoms. The van der Waals surface area contributed by atoms with Crippen molar-refractivity contribution in [3.8, 4) is 0 Å². The first-order chi connectivity index (χ1) is 7.68. The molecule has 1 heterocycles. The number of carbonyl (C=O) groups excluding carboxylic acids is 1. The Balaban J connectivity index is 2.01. The van der Waals surface area contributed by atoms with Crippen molar-refractivity contribution in [1.29, 1.82) is 0 Å². The fourth-order valence-corrected chi connectivity index (χ4v) is 2.21. The molecule has 1 aromatic carbocycles. The number of carbonyl (C=O) groups is 1. The lowest BCUT2D eigenvalue weighted by Gasteiger charge is -2.18. The lowest BCUT2D eigenvalue weighted by Crippen LogP contribution is -2.34. The average Bonchev–Trinajstić information content (AvgIpc) is 2.62. The highest BCUT2D eigenvalue weighted by Gasteiger charge is 2.33. The topological polar surface area (TPSA) is 46.3 Å². The largest absolute Gasteiger partial charge is 0.338 e. The summed E-state index contributed by atoms with van der Waals surface area (Å²) in [5, 5.41) is 0. The van der Waals surface area contributed by atoms with Crippen molar-refractivity contribution < 1.29 is 4.79 Å². The molecule has 1 saturated heterocycles. The second-order valence-electron chi connectivity index (χ2n) is 4.50. The highest BCUT2D eigenvalue weighted by Crippen LogP contribution is 2.22. The Morgan fingerprint density at radius 1 is 1.44 bits per heavy atom. The molecule has 2 rings (SSSR count). The van der Waals surface area contributed by atoms with Crippen LogP contribution in [0.15, 0.2) is 30.3 Å². The zero-order valence-electron chi connectivity index (χ0n) is 9.60. The van der Waals surface area contributed by atoms with E-state index in [4.69, 9.17) is 5.73 Å². The number of hydrogen-bond acceptors (Lipinski definition) is 2. The maximum absolute atomic E-state index is 12.0. The second-order valence-corrected chi connectivity index (χ2v) is 4.50. The van der Waals surface area contributed by atoms with Gasteiger partial charge in [-0.3, -0.25) is 4.79 Å². The van der Waals surface area contributed by atoms with Crippen LogP contribution in [0.1, 0.15) is 18.9 Å². The molecular weight excluding hydrogens is 200 g/mol. The van der Waals surface area contributed by atoms with Gasteiger partial charge >= 0.3 is 0 Å². The summed E-state index contributed by atoms with van der Waals surface area (Å²) in [6, 6.07) is 10.0. The van der Waals surface area contributed by atoms with Gasteiger partial charge in [-0.05, 0) is 18.9 Å². The van der Waals surface area contributed by atoms with Crippen molar-refractivity contribution in [3.63, 3.8) is 0 Å². The molecule has 1 aliphatic heterocycles. The van der Waals surface area contributed by atoms with E-state index in [1.807, 2.05) is 42.2 Å². The van der Waals surface area contributed by atoms with Crippen LogP contribution in [-0.4, -0.2) is 23.4 Å². The number of amides is 1. The van der Waals surface area contributed by atoms with Crippen LogP contribution < -0.4 is 5.73 Å². The zero-order chi connectivity index (χ0) is 11.5. The number of hydrogen-bond donors (Lipinski definition) is 1. The minimum Gasteiger partial charge on any atom is -0.338 e. The highest BCUT2D eigenvalue weighted by molar-refractivity contribution is 5.81. The molecule has 0 spiro atoms. The summed E-state index contributed by atoms with van der Waals surface area (Å²) in [6.45, 7) is 3.46. The Morgan fingerprint density at radius 2 is 2.12 bits per heavy atom. The third-order valence-corrected chi connectivity index (χ3v) is 3.19. The van der Waals surface area contributed by atoms with Crippen LogP contribution in [-0.2, 0) is 11.3 Å². The predicted octanol–water partition coefficient (Wildman–Crippen LogP) is 1.38. The van der Waals surface area contributed by atoms with Crippen LogP contribution >= 0.6 is 0 Å². The third-order valence-electron chi connectivity index (χ3n) is 3.19. The van der Waals surface area contributed by atoms with Gasteiger partial charge in [0.1, 0.15) is 0 Å². The number of nitrogens with zero attached hydrogens (tertiary/aromatic N) is 1. The van der Waals surface area contributed by atoms with Gasteiger partial charge in [0.05, 0.1) is 5.92 Å². The molecule has 2 atom stereocenters. The normalized spacial score (nSPS) is 22.5. The van der Waals surface area contributed by atoms with Gasteiger partial charge in [0.25, 0.3) is 0 Å². The van der Waals surface area contributed by atoms with Gasteiger partial charge in [-0.1, -0.05) is 30.3 Å². The molecule has 0 saturated carbocycles. The first kappa shape index (κ1) is 11.1. The van der Waals surface area contributed by atoms with E-state index >= 15 is 0 Å². The van der Waals surface area contributed by atoms with Gasteiger partial charge in [0.2, 0.25) is 5.91 Å². The summed E-state index contributed by atoms with van der Waals surface area (Å²) in [5.41, 5.74) is 6.98. The molecule has 1 aliphatic rings. The number of benzene rings is 1. The van der Waals surface area contributed by atoms with Crippen molar-refractivity contribution in [3.05, 3.63) is 35.9 Å². The van der Waals surface area contributed by atoms with Gasteiger partial charge in [-0.2, -0.15) is 0 Å². The van der Waals surface area contributed by atoms with Gasteiger partial charge in [-0.25, -0.2) is 0 Å². The van der Waals surface area contributed by atoms with E-state index in [0.717, 1.165) is 13.0 Å². The van der Waals surface area contributed by atoms with Gasteiger partial charge in [0.15, 0.2) is 0 Å². The highest BCUT2D eigenvalue weighted by atomic mass is 16.2. The van der Waals surface area contributed by atoms with Gasteiger partial charge < -0.3 is 10.6 Å². The Kier molecular flexibility index (Phi) is 3.25. The van der Waals surface area contributed by atoms with E-state index in [0.29, 0.717) is 6.54 Å². The Morgan fingerprint density at radius 3 is 2.69 bits per heavy atom. The molecular formula is C13H18N2O. The molecule has 0 aromatic heterocycles. The smallest absolute Gasteiger partial charge is 0.227 e. The predicted molar refractivity (Wildman–Crippen MR) is 63.6 cm³/mol. The van der Waals surface area contributed by atoms with Crippen LogP contribution in [0.25, 0.3) is 0 Å². The van der Waals surface area contributed by atoms with Crippen LogP contribution in [0.5, 0.6) is 0 Å². The SMILES string of the molecule is CC(N)C1CCN(Cc2ccccc2)C1=O. The second kappa shape index (κ2) is 4.66. The minimum atomic E-state index is -0.0340. The molecule has 3 nitrogen and oxygen atoms in total. The van der Waals surface area contributed by atoms with Crippen molar-refractivity contribution in [2.24, 2.45) is 11.7 Å². The van der Waals surface area contributed by atoms with Gasteiger partial charge in [0, 0.05) is 19.1 Å². The fourth-order valence-electron chi connectivity index (χ4n) is 2.21. The Bertz CT molecular complexity index is 361. The van der Waals surface area contributed by atoms with Crippen LogP contribution in [0, 0.1) is 5.92 Å². The van der Waals surface area contributed by atoms with Crippen molar-refractivity contribution in [2.45, 2.75) is 25.9 Å². The van der Waals surface area contributed by atoms with E-state index < -0.39 is 0 Å². The summed E-state index contributed by atoms with van der Waals surface area (Å²) in [6.07, 6.45) is 0.892. The Hall–Kier alpha value is -1.35. The summed E-state index contributed by atoms with van der Waals surface area (Å²) in [4.78, 5) is 13.9. The third kappa shape index (κ3) is 2.25. The molecule has 1 aromatic rings. The number of nitrogens with two attached hydrogens (primary N) is 1. The molecule has 0 bridgehead atoms. The van der Waals surface area contributed by atoms with Gasteiger partial charge in [-0.15, -0.1) is 0 Å². The van der Waals surface area contributed by atoms with Crippen molar-refractivity contribution in [1.82, 2.24) is 4.90 Å². The van der Waals surface area contributed by atoms with Crippen LogP contribution in [0.2, 0.25) is 0 Å². The van der Waals surface area contributed by atoms with Crippen molar-refractivity contribution in [2.75, 3.05) is 6.54 Å². The molecule has 2 unspecified atom stereocenters. The van der Waals surface area contributed by atoms with Crippen LogP contribution in [0.3, 0.4) is 0 Å². The monoisotopic (exact) mass is 218 g/mol. The van der Waals surface area contributed by atoms with Crippen LogP contribution in [0.4, 0.5) is 0 Å². The Labute approximate surface area is 96.2 Å². The number of rotatable bonds is 3. The van der Waals surface area contributed by atoms with Crippen molar-refractivity contribution >= 4 is 5.91 Å². The average molecular weight is 218 g/mol. The van der Waals surface area contributed by atoms with E-state index in [1.165, 1.54) is 5.56 Å². The van der Waals surface area contributed by atoms with E-state index in [9.17, 15) is 4.79 Å². The quantitative estimate of drug-likeness (QED) is 0.833. The summed E-state index contributed by atoms with van der Waals surface area (Å²) >= 11 is 0. The summed E-state index contributed by atoms with van der Waals surface area (Å²) in [7, 11) is 0. The summed E-state index contributed by atoms with van der Waals surface area (Å²) in [5.74, 6) is 0.225. The van der Waals surface area contributed by atoms with E-state index in [2.05, 4.69) is 0 Å². The zero-order valence-corrected chi connectivity index (χ0v) is 9.60. The molecule has 1 amide bonds. The maximum atomic E-state index is 12.0. The molecule has 16 heavy (non-hydrogen) atoms. The minimum absolute atomic E-state index is 0.0173. The molecule has 0 aliphatic carbocycles. The molecule has 2 N–H and O–H groups in total. The first-order valence-corrected chi connectivity index (χ1v) is 5.77. The lowest BCUT2D eigenvalue weighted by atomic mass is 10.0.